The van der Waals surface area contributed by atoms with Crippen LogP contribution in [-0.2, 0) is 0 Å². The van der Waals surface area contributed by atoms with Crippen molar-refractivity contribution in [2.75, 3.05) is 4.90 Å². The van der Waals surface area contributed by atoms with E-state index in [0.717, 1.165) is 59.5 Å². The van der Waals surface area contributed by atoms with E-state index in [4.69, 9.17) is 6.58 Å². The van der Waals surface area contributed by atoms with Crippen LogP contribution in [-0.4, -0.2) is 0 Å². The van der Waals surface area contributed by atoms with E-state index < -0.39 is 0 Å². The highest BCUT2D eigenvalue weighted by Crippen LogP contribution is 2.51. The van der Waals surface area contributed by atoms with Crippen LogP contribution in [0.3, 0.4) is 0 Å². The van der Waals surface area contributed by atoms with Gasteiger partial charge in [0.05, 0.1) is 0 Å². The van der Waals surface area contributed by atoms with Gasteiger partial charge in [-0.2, -0.15) is 0 Å². The fraction of sp³-hybridized carbons (Fsp3) is 0.0909. The molecule has 0 saturated carbocycles. The number of rotatable bonds is 4. The maximum absolute atomic E-state index is 4.84. The second kappa shape index (κ2) is 14.2. The zero-order chi connectivity index (χ0) is 37.6. The molecule has 0 atom stereocenters. The first-order valence-electron chi connectivity index (χ1n) is 20.0. The van der Waals surface area contributed by atoms with Crippen LogP contribution in [0, 0.1) is 0 Å². The molecule has 0 heterocycles. The molecule has 0 radical (unpaired) electrons. The number of benzene rings is 6. The van der Waals surface area contributed by atoms with Gasteiger partial charge in [-0.1, -0.05) is 158 Å². The highest BCUT2D eigenvalue weighted by Gasteiger charge is 2.29. The second-order valence-corrected chi connectivity index (χ2v) is 15.0. The Kier molecular flexibility index (Phi) is 8.57. The zero-order valence-corrected chi connectivity index (χ0v) is 31.8. The fourth-order valence-corrected chi connectivity index (χ4v) is 9.26. The summed E-state index contributed by atoms with van der Waals surface area (Å²) in [6, 6.07) is 53.3. The molecular formula is C55H43N. The molecule has 0 N–H and O–H groups in total. The molecule has 0 saturated heterocycles. The van der Waals surface area contributed by atoms with Crippen LogP contribution in [0.25, 0.3) is 55.7 Å². The number of anilines is 2. The third-order valence-electron chi connectivity index (χ3n) is 11.8. The summed E-state index contributed by atoms with van der Waals surface area (Å²) in [5, 5.41) is 0. The monoisotopic (exact) mass is 717 g/mol. The van der Waals surface area contributed by atoms with Crippen LogP contribution < -0.4 is 4.90 Å². The van der Waals surface area contributed by atoms with Crippen LogP contribution in [0.2, 0.25) is 0 Å². The molecule has 268 valence electrons. The van der Waals surface area contributed by atoms with E-state index >= 15 is 0 Å². The molecule has 4 aliphatic rings. The lowest BCUT2D eigenvalue weighted by atomic mass is 9.74. The molecule has 6 aromatic carbocycles. The van der Waals surface area contributed by atoms with Gasteiger partial charge in [-0.05, 0) is 152 Å². The number of para-hydroxylation sites is 1. The van der Waals surface area contributed by atoms with Crippen molar-refractivity contribution in [2.24, 2.45) is 0 Å². The number of hydrogen-bond donors (Lipinski definition) is 0. The summed E-state index contributed by atoms with van der Waals surface area (Å²) < 4.78 is 0. The van der Waals surface area contributed by atoms with Gasteiger partial charge in [-0.25, -0.2) is 0 Å². The molecular weight excluding hydrogens is 675 g/mol. The van der Waals surface area contributed by atoms with Crippen molar-refractivity contribution < 1.29 is 0 Å². The van der Waals surface area contributed by atoms with Gasteiger partial charge < -0.3 is 4.90 Å². The molecule has 56 heavy (non-hydrogen) atoms. The first-order valence-corrected chi connectivity index (χ1v) is 20.0. The summed E-state index contributed by atoms with van der Waals surface area (Å²) >= 11 is 0. The lowest BCUT2D eigenvalue weighted by Gasteiger charge is -2.32. The molecule has 6 aromatic rings. The standard InChI is InChI=1S/C55H43N/c1-3-38(35-54-37(2)41-21-7-8-22-42(41)43-23-9-10-24-44(43)48-28-15-17-31-51(48)54)56(39-19-5-4-6-20-39)40-33-34-53-50-30-14-13-27-47(50)45-25-11-12-26-46(45)49-29-16-18-32-52(49)55(53)36-40/h3-10,15-36H,2,11-14H2,1H3/b38-3+,54-35+. The van der Waals surface area contributed by atoms with Gasteiger partial charge in [-0.15, -0.1) is 0 Å². The van der Waals surface area contributed by atoms with E-state index in [-0.39, 0.29) is 0 Å². The number of hydrogen-bond acceptors (Lipinski definition) is 1. The maximum Gasteiger partial charge on any atom is 0.0468 e. The normalized spacial score (nSPS) is 16.3. The molecule has 10 rings (SSSR count). The Morgan fingerprint density at radius 3 is 1.43 bits per heavy atom. The van der Waals surface area contributed by atoms with Crippen molar-refractivity contribution in [3.63, 3.8) is 0 Å². The predicted octanol–water partition coefficient (Wildman–Crippen LogP) is 15.1. The summed E-state index contributed by atoms with van der Waals surface area (Å²) in [6.07, 6.45) is 18.8. The van der Waals surface area contributed by atoms with Gasteiger partial charge in [0, 0.05) is 17.1 Å². The van der Waals surface area contributed by atoms with Gasteiger partial charge in [0.15, 0.2) is 0 Å². The van der Waals surface area contributed by atoms with Crippen LogP contribution in [0.1, 0.15) is 54.9 Å². The molecule has 0 bridgehead atoms. The summed E-state index contributed by atoms with van der Waals surface area (Å²) in [5.74, 6) is 0. The van der Waals surface area contributed by atoms with Crippen LogP contribution in [0.15, 0.2) is 205 Å². The summed E-state index contributed by atoms with van der Waals surface area (Å²) in [4.78, 5) is 2.42. The third-order valence-corrected chi connectivity index (χ3v) is 11.8. The minimum absolute atomic E-state index is 1.01. The minimum atomic E-state index is 1.01. The maximum atomic E-state index is 4.84. The van der Waals surface area contributed by atoms with Crippen molar-refractivity contribution in [2.45, 2.75) is 32.6 Å². The van der Waals surface area contributed by atoms with E-state index in [1.807, 2.05) is 0 Å². The van der Waals surface area contributed by atoms with E-state index in [1.165, 1.54) is 72.4 Å². The van der Waals surface area contributed by atoms with Gasteiger partial charge in [0.2, 0.25) is 0 Å². The Bertz CT molecular complexity index is 2760. The zero-order valence-electron chi connectivity index (χ0n) is 31.8. The lowest BCUT2D eigenvalue weighted by molar-refractivity contribution is 1.00. The number of fused-ring (bicyclic) bond motifs is 13. The van der Waals surface area contributed by atoms with Crippen molar-refractivity contribution in [1.82, 2.24) is 0 Å². The van der Waals surface area contributed by atoms with Crippen molar-refractivity contribution in [3.05, 3.63) is 228 Å². The van der Waals surface area contributed by atoms with E-state index in [9.17, 15) is 0 Å². The first kappa shape index (κ1) is 33.8. The topological polar surface area (TPSA) is 3.24 Å². The molecule has 1 nitrogen and oxygen atoms in total. The highest BCUT2D eigenvalue weighted by atomic mass is 15.1. The fourth-order valence-electron chi connectivity index (χ4n) is 9.26. The molecule has 4 aliphatic carbocycles. The van der Waals surface area contributed by atoms with Gasteiger partial charge >= 0.3 is 0 Å². The smallest absolute Gasteiger partial charge is 0.0468 e. The first-order chi connectivity index (χ1) is 27.7. The van der Waals surface area contributed by atoms with E-state index in [0.29, 0.717) is 0 Å². The molecule has 0 spiro atoms. The largest absolute Gasteiger partial charge is 0.311 e. The van der Waals surface area contributed by atoms with Crippen molar-refractivity contribution in [3.8, 4) is 33.4 Å². The average Bonchev–Trinajstić information content (AvgIpc) is 3.27. The molecule has 0 amide bonds. The molecule has 0 unspecified atom stereocenters. The third kappa shape index (κ3) is 5.62. The van der Waals surface area contributed by atoms with E-state index in [1.54, 1.807) is 0 Å². The Labute approximate surface area is 331 Å². The number of nitrogens with zero attached hydrogens (tertiary/aromatic N) is 1. The minimum Gasteiger partial charge on any atom is -0.311 e. The Hall–Kier alpha value is -6.70. The second-order valence-electron chi connectivity index (χ2n) is 15.0. The summed E-state index contributed by atoms with van der Waals surface area (Å²) in [5.41, 5.74) is 23.2. The Morgan fingerprint density at radius 1 is 0.429 bits per heavy atom. The van der Waals surface area contributed by atoms with E-state index in [2.05, 4.69) is 194 Å². The molecule has 0 fully saturated rings. The van der Waals surface area contributed by atoms with Crippen molar-refractivity contribution in [1.29, 1.82) is 0 Å². The lowest BCUT2D eigenvalue weighted by Crippen LogP contribution is -2.16. The predicted molar refractivity (Wildman–Crippen MR) is 239 cm³/mol. The van der Waals surface area contributed by atoms with Crippen LogP contribution in [0.5, 0.6) is 0 Å². The van der Waals surface area contributed by atoms with Crippen LogP contribution >= 0.6 is 0 Å². The summed E-state index contributed by atoms with van der Waals surface area (Å²) in [6.45, 7) is 6.99. The van der Waals surface area contributed by atoms with Gasteiger partial charge in [0.1, 0.15) is 0 Å². The van der Waals surface area contributed by atoms with Crippen LogP contribution in [0.4, 0.5) is 11.4 Å². The molecule has 0 aromatic heterocycles. The van der Waals surface area contributed by atoms with Crippen molar-refractivity contribution >= 4 is 33.7 Å². The summed E-state index contributed by atoms with van der Waals surface area (Å²) in [7, 11) is 0. The Morgan fingerprint density at radius 2 is 0.857 bits per heavy atom. The average molecular weight is 718 g/mol. The number of allylic oxidation sites excluding steroid dienone is 12. The molecule has 1 heteroatoms. The molecule has 0 aliphatic heterocycles. The SMILES string of the molecule is C=C1/C(=C\C(=C/C)N(c2ccccc2)c2ccc3c(c2)-c2ccccc2C2=CCCC=C2C2=CCCC=C23)c2ccccc2-c2ccccc2-c2ccccc21. The quantitative estimate of drug-likeness (QED) is 0.175. The van der Waals surface area contributed by atoms with Gasteiger partial charge in [-0.3, -0.25) is 0 Å². The Balaban J connectivity index is 1.20. The van der Waals surface area contributed by atoms with Gasteiger partial charge in [0.25, 0.3) is 0 Å². The highest BCUT2D eigenvalue weighted by molar-refractivity contribution is 6.13.